The number of amides is 2. The number of nitrogens with zero attached hydrogens (tertiary/aromatic N) is 4. The Morgan fingerprint density at radius 1 is 1.21 bits per heavy atom. The molecular weight excluding hydrogens is 354 g/mol. The fourth-order valence-corrected chi connectivity index (χ4v) is 4.74. The van der Waals surface area contributed by atoms with Crippen LogP contribution in [0.4, 0.5) is 0 Å². The predicted octanol–water partition coefficient (Wildman–Crippen LogP) is 2.34. The Morgan fingerprint density at radius 2 is 2.07 bits per heavy atom. The summed E-state index contributed by atoms with van der Waals surface area (Å²) in [5.41, 5.74) is 0.968. The zero-order valence-corrected chi connectivity index (χ0v) is 15.9. The lowest BCUT2D eigenvalue weighted by Gasteiger charge is -2.39. The van der Waals surface area contributed by atoms with Crippen molar-refractivity contribution in [3.8, 4) is 11.4 Å². The van der Waals surface area contributed by atoms with Crippen LogP contribution in [0.5, 0.6) is 0 Å². The summed E-state index contributed by atoms with van der Waals surface area (Å²) in [6.45, 7) is 2.94. The van der Waals surface area contributed by atoms with Crippen LogP contribution in [0.25, 0.3) is 11.4 Å². The molecule has 5 rings (SSSR count). The van der Waals surface area contributed by atoms with E-state index in [1.807, 2.05) is 29.2 Å². The third kappa shape index (κ3) is 2.99. The van der Waals surface area contributed by atoms with E-state index in [-0.39, 0.29) is 17.2 Å². The van der Waals surface area contributed by atoms with Crippen molar-refractivity contribution in [2.24, 2.45) is 11.3 Å². The van der Waals surface area contributed by atoms with Gasteiger partial charge >= 0.3 is 0 Å². The second-order valence-corrected chi connectivity index (χ2v) is 8.43. The number of piperidine rings is 1. The number of aromatic amines is 1. The number of carbonyl (C=O) groups is 2. The first-order chi connectivity index (χ1) is 13.7. The number of carbonyl (C=O) groups excluding carboxylic acids is 2. The average molecular weight is 379 g/mol. The number of aromatic nitrogens is 3. The Balaban J connectivity index is 1.36. The molecule has 7 heteroatoms. The summed E-state index contributed by atoms with van der Waals surface area (Å²) in [5, 5.41) is 6.74. The predicted molar refractivity (Wildman–Crippen MR) is 103 cm³/mol. The molecule has 3 heterocycles. The summed E-state index contributed by atoms with van der Waals surface area (Å²) in [4.78, 5) is 34.7. The maximum atomic E-state index is 13.3. The van der Waals surface area contributed by atoms with E-state index in [1.165, 1.54) is 19.2 Å². The van der Waals surface area contributed by atoms with Crippen LogP contribution in [0.15, 0.2) is 30.6 Å². The summed E-state index contributed by atoms with van der Waals surface area (Å²) >= 11 is 0. The first kappa shape index (κ1) is 17.4. The van der Waals surface area contributed by atoms with Gasteiger partial charge in [-0.15, -0.1) is 0 Å². The first-order valence-electron chi connectivity index (χ1n) is 10.2. The molecule has 3 aliphatic rings. The minimum atomic E-state index is -0.385. The topological polar surface area (TPSA) is 82.2 Å². The molecule has 1 unspecified atom stereocenters. The molecule has 0 bridgehead atoms. The number of nitrogens with one attached hydrogen (secondary N) is 1. The van der Waals surface area contributed by atoms with Crippen molar-refractivity contribution in [2.75, 3.05) is 26.2 Å². The van der Waals surface area contributed by atoms with Crippen LogP contribution in [0.2, 0.25) is 0 Å². The van der Waals surface area contributed by atoms with Crippen LogP contribution >= 0.6 is 0 Å². The van der Waals surface area contributed by atoms with Crippen molar-refractivity contribution in [2.45, 2.75) is 32.1 Å². The molecule has 1 aliphatic carbocycles. The van der Waals surface area contributed by atoms with Gasteiger partial charge in [-0.1, -0.05) is 18.2 Å². The quantitative estimate of drug-likeness (QED) is 0.884. The van der Waals surface area contributed by atoms with E-state index in [1.54, 1.807) is 0 Å². The van der Waals surface area contributed by atoms with Gasteiger partial charge in [0.05, 0.1) is 11.0 Å². The molecule has 3 fully saturated rings. The Kier molecular flexibility index (Phi) is 4.18. The van der Waals surface area contributed by atoms with Crippen molar-refractivity contribution in [3.63, 3.8) is 0 Å². The molecule has 2 aromatic rings. The van der Waals surface area contributed by atoms with Crippen LogP contribution in [0.3, 0.4) is 0 Å². The van der Waals surface area contributed by atoms with Gasteiger partial charge in [0.15, 0.2) is 5.82 Å². The third-order valence-corrected chi connectivity index (χ3v) is 6.47. The van der Waals surface area contributed by atoms with E-state index in [0.29, 0.717) is 30.4 Å². The highest BCUT2D eigenvalue weighted by atomic mass is 16.2. The Labute approximate surface area is 164 Å². The molecular formula is C21H25N5O2. The fraction of sp³-hybridized carbons (Fsp3) is 0.524. The van der Waals surface area contributed by atoms with Gasteiger partial charge in [-0.25, -0.2) is 4.98 Å². The fourth-order valence-electron chi connectivity index (χ4n) is 4.74. The minimum Gasteiger partial charge on any atom is -0.342 e. The standard InChI is InChI=1S/C21H25N5O2/c27-19(17-5-2-1-4-16(17)18-22-14-23-24-18)26-11-9-21(13-26)8-3-10-25(20(21)28)12-15-6-7-15/h1-2,4-5,14-15H,3,6-13H2,(H,22,23,24). The summed E-state index contributed by atoms with van der Waals surface area (Å²) in [5.74, 6) is 1.52. The maximum absolute atomic E-state index is 13.3. The monoisotopic (exact) mass is 379 g/mol. The molecule has 1 saturated carbocycles. The summed E-state index contributed by atoms with van der Waals surface area (Å²) in [6, 6.07) is 7.46. The second-order valence-electron chi connectivity index (χ2n) is 8.43. The summed E-state index contributed by atoms with van der Waals surface area (Å²) in [7, 11) is 0. The third-order valence-electron chi connectivity index (χ3n) is 6.47. The van der Waals surface area contributed by atoms with Crippen molar-refractivity contribution in [1.82, 2.24) is 25.0 Å². The second kappa shape index (κ2) is 6.72. The van der Waals surface area contributed by atoms with E-state index in [9.17, 15) is 9.59 Å². The van der Waals surface area contributed by atoms with Crippen LogP contribution in [0, 0.1) is 11.3 Å². The number of hydrogen-bond acceptors (Lipinski definition) is 4. The highest BCUT2D eigenvalue weighted by Gasteiger charge is 2.50. The number of H-pyrrole nitrogens is 1. The van der Waals surface area contributed by atoms with Gasteiger partial charge in [0.25, 0.3) is 5.91 Å². The summed E-state index contributed by atoms with van der Waals surface area (Å²) < 4.78 is 0. The van der Waals surface area contributed by atoms with Crippen molar-refractivity contribution < 1.29 is 9.59 Å². The molecule has 1 aromatic carbocycles. The lowest BCUT2D eigenvalue weighted by molar-refractivity contribution is -0.145. The van der Waals surface area contributed by atoms with E-state index in [2.05, 4.69) is 20.1 Å². The molecule has 2 amide bonds. The van der Waals surface area contributed by atoms with Crippen LogP contribution < -0.4 is 0 Å². The zero-order chi connectivity index (χ0) is 19.1. The van der Waals surface area contributed by atoms with Gasteiger partial charge in [0, 0.05) is 31.7 Å². The molecule has 1 atom stereocenters. The van der Waals surface area contributed by atoms with Gasteiger partial charge in [-0.05, 0) is 44.1 Å². The average Bonchev–Trinajstić information content (AvgIpc) is 3.20. The van der Waals surface area contributed by atoms with Crippen molar-refractivity contribution in [3.05, 3.63) is 36.2 Å². The zero-order valence-electron chi connectivity index (χ0n) is 15.9. The number of rotatable bonds is 4. The summed E-state index contributed by atoms with van der Waals surface area (Å²) in [6.07, 6.45) is 6.63. The first-order valence-corrected chi connectivity index (χ1v) is 10.2. The molecule has 2 aliphatic heterocycles. The van der Waals surface area contributed by atoms with Gasteiger partial charge in [-0.2, -0.15) is 5.10 Å². The van der Waals surface area contributed by atoms with E-state index >= 15 is 0 Å². The largest absolute Gasteiger partial charge is 0.342 e. The van der Waals surface area contributed by atoms with Crippen molar-refractivity contribution in [1.29, 1.82) is 0 Å². The molecule has 2 saturated heterocycles. The number of hydrogen-bond donors (Lipinski definition) is 1. The highest BCUT2D eigenvalue weighted by Crippen LogP contribution is 2.42. The lowest BCUT2D eigenvalue weighted by Crippen LogP contribution is -2.51. The Hall–Kier alpha value is -2.70. The highest BCUT2D eigenvalue weighted by molar-refractivity contribution is 6.00. The number of likely N-dealkylation sites (tertiary alicyclic amines) is 2. The Bertz CT molecular complexity index is 892. The van der Waals surface area contributed by atoms with Crippen LogP contribution in [-0.4, -0.2) is 63.0 Å². The molecule has 1 spiro atoms. The van der Waals surface area contributed by atoms with Gasteiger partial charge in [0.1, 0.15) is 6.33 Å². The molecule has 7 nitrogen and oxygen atoms in total. The molecule has 146 valence electrons. The van der Waals surface area contributed by atoms with Gasteiger partial charge < -0.3 is 9.80 Å². The SMILES string of the molecule is O=C(c1ccccc1-c1ncn[nH]1)N1CCC2(CCCN(CC3CC3)C2=O)C1. The van der Waals surface area contributed by atoms with Gasteiger partial charge in [-0.3, -0.25) is 14.7 Å². The molecule has 28 heavy (non-hydrogen) atoms. The van der Waals surface area contributed by atoms with Crippen LogP contribution in [0.1, 0.15) is 42.5 Å². The molecule has 0 radical (unpaired) electrons. The van der Waals surface area contributed by atoms with E-state index in [0.717, 1.165) is 37.9 Å². The smallest absolute Gasteiger partial charge is 0.254 e. The Morgan fingerprint density at radius 3 is 2.86 bits per heavy atom. The van der Waals surface area contributed by atoms with E-state index < -0.39 is 0 Å². The number of benzene rings is 1. The van der Waals surface area contributed by atoms with Gasteiger partial charge in [0.2, 0.25) is 5.91 Å². The minimum absolute atomic E-state index is 0.0315. The molecule has 1 N–H and O–H groups in total. The maximum Gasteiger partial charge on any atom is 0.254 e. The lowest BCUT2D eigenvalue weighted by atomic mass is 9.78. The van der Waals surface area contributed by atoms with Crippen molar-refractivity contribution >= 4 is 11.8 Å². The normalized spacial score (nSPS) is 24.9. The van der Waals surface area contributed by atoms with E-state index in [4.69, 9.17) is 0 Å². The molecule has 1 aromatic heterocycles. The van der Waals surface area contributed by atoms with Crippen LogP contribution in [-0.2, 0) is 4.79 Å².